The van der Waals surface area contributed by atoms with Crippen LogP contribution in [0.1, 0.15) is 30.2 Å². The van der Waals surface area contributed by atoms with Crippen LogP contribution in [0.15, 0.2) is 24.4 Å². The van der Waals surface area contributed by atoms with Crippen molar-refractivity contribution in [2.45, 2.75) is 33.2 Å². The Labute approximate surface area is 109 Å². The summed E-state index contributed by atoms with van der Waals surface area (Å²) in [6.45, 7) is 4.86. The zero-order chi connectivity index (χ0) is 13.1. The Morgan fingerprint density at radius 3 is 2.72 bits per heavy atom. The molecule has 0 amide bonds. The maximum Gasteiger partial charge on any atom is 0.0702 e. The van der Waals surface area contributed by atoms with E-state index in [9.17, 15) is 0 Å². The highest BCUT2D eigenvalue weighted by atomic mass is 15.2. The van der Waals surface area contributed by atoms with Gasteiger partial charge in [-0.15, -0.1) is 0 Å². The fraction of sp³-hybridized carbons (Fsp3) is 0.400. The van der Waals surface area contributed by atoms with Gasteiger partial charge in [0.25, 0.3) is 0 Å². The Bertz CT molecular complexity index is 541. The summed E-state index contributed by atoms with van der Waals surface area (Å²) in [7, 11) is 1.97. The number of hydrogen-bond acceptors (Lipinski definition) is 2. The van der Waals surface area contributed by atoms with Crippen LogP contribution in [-0.2, 0) is 20.0 Å². The van der Waals surface area contributed by atoms with Crippen molar-refractivity contribution in [2.75, 3.05) is 0 Å². The predicted molar refractivity (Wildman–Crippen MR) is 75.3 cm³/mol. The van der Waals surface area contributed by atoms with Crippen LogP contribution in [0.25, 0.3) is 11.1 Å². The number of hydrogen-bond donors (Lipinski definition) is 1. The average molecular weight is 243 g/mol. The minimum atomic E-state index is 0.566. The van der Waals surface area contributed by atoms with Crippen LogP contribution in [0, 0.1) is 6.92 Å². The fourth-order valence-corrected chi connectivity index (χ4v) is 2.30. The van der Waals surface area contributed by atoms with Gasteiger partial charge < -0.3 is 5.73 Å². The van der Waals surface area contributed by atoms with E-state index >= 15 is 0 Å². The molecule has 3 nitrogen and oxygen atoms in total. The smallest absolute Gasteiger partial charge is 0.0702 e. The van der Waals surface area contributed by atoms with Crippen LogP contribution in [0.5, 0.6) is 0 Å². The molecule has 1 aromatic carbocycles. The maximum absolute atomic E-state index is 5.84. The predicted octanol–water partition coefficient (Wildman–Crippen LogP) is 2.81. The first-order valence-corrected chi connectivity index (χ1v) is 6.48. The Hall–Kier alpha value is -1.61. The first-order chi connectivity index (χ1) is 8.65. The van der Waals surface area contributed by atoms with E-state index in [4.69, 9.17) is 5.73 Å². The van der Waals surface area contributed by atoms with Gasteiger partial charge >= 0.3 is 0 Å². The molecule has 2 rings (SSSR count). The second-order valence-corrected chi connectivity index (χ2v) is 4.78. The first-order valence-electron chi connectivity index (χ1n) is 6.48. The Balaban J connectivity index is 2.56. The molecule has 1 heterocycles. The summed E-state index contributed by atoms with van der Waals surface area (Å²) >= 11 is 0. The average Bonchev–Trinajstić information content (AvgIpc) is 2.71. The number of aromatic nitrogens is 2. The highest BCUT2D eigenvalue weighted by molar-refractivity contribution is 5.70. The van der Waals surface area contributed by atoms with Gasteiger partial charge in [0.15, 0.2) is 0 Å². The number of nitrogens with two attached hydrogens (primary N) is 1. The summed E-state index contributed by atoms with van der Waals surface area (Å²) in [6, 6.07) is 6.44. The molecule has 96 valence electrons. The van der Waals surface area contributed by atoms with E-state index < -0.39 is 0 Å². The lowest BCUT2D eigenvalue weighted by atomic mass is 9.97. The molecule has 0 fully saturated rings. The molecule has 0 atom stereocenters. The second kappa shape index (κ2) is 5.36. The van der Waals surface area contributed by atoms with Gasteiger partial charge in [0.2, 0.25) is 0 Å². The van der Waals surface area contributed by atoms with Crippen molar-refractivity contribution in [3.8, 4) is 11.1 Å². The molecule has 0 aliphatic carbocycles. The Kier molecular flexibility index (Phi) is 3.82. The van der Waals surface area contributed by atoms with Crippen LogP contribution in [0.2, 0.25) is 0 Å². The summed E-state index contributed by atoms with van der Waals surface area (Å²) in [5, 5.41) is 4.56. The summed E-state index contributed by atoms with van der Waals surface area (Å²) in [5.74, 6) is 0. The van der Waals surface area contributed by atoms with E-state index in [-0.39, 0.29) is 0 Å². The third-order valence-electron chi connectivity index (χ3n) is 3.17. The van der Waals surface area contributed by atoms with E-state index in [0.29, 0.717) is 6.54 Å². The quantitative estimate of drug-likeness (QED) is 0.897. The number of nitrogens with zero attached hydrogens (tertiary/aromatic N) is 2. The van der Waals surface area contributed by atoms with Crippen LogP contribution in [0.3, 0.4) is 0 Å². The highest BCUT2D eigenvalue weighted by Crippen LogP contribution is 2.28. The maximum atomic E-state index is 5.84. The second-order valence-electron chi connectivity index (χ2n) is 4.78. The number of aryl methyl sites for hydroxylation is 3. The molecule has 1 aromatic heterocycles. The van der Waals surface area contributed by atoms with E-state index in [1.54, 1.807) is 0 Å². The van der Waals surface area contributed by atoms with E-state index in [1.165, 1.54) is 27.9 Å². The summed E-state index contributed by atoms with van der Waals surface area (Å²) in [4.78, 5) is 0. The van der Waals surface area contributed by atoms with Crippen LogP contribution < -0.4 is 5.73 Å². The monoisotopic (exact) mass is 243 g/mol. The molecule has 2 aromatic rings. The molecule has 2 N–H and O–H groups in total. The number of benzene rings is 1. The van der Waals surface area contributed by atoms with Crippen LogP contribution in [-0.4, -0.2) is 9.78 Å². The van der Waals surface area contributed by atoms with Gasteiger partial charge in [-0.25, -0.2) is 0 Å². The van der Waals surface area contributed by atoms with Crippen molar-refractivity contribution in [1.82, 2.24) is 9.78 Å². The third kappa shape index (κ3) is 2.46. The SMILES string of the molecule is CCCc1nn(C)cc1-c1cc(C)ccc1CN. The Morgan fingerprint density at radius 2 is 2.06 bits per heavy atom. The lowest BCUT2D eigenvalue weighted by molar-refractivity contribution is 0.733. The minimum absolute atomic E-state index is 0.566. The molecule has 0 radical (unpaired) electrons. The largest absolute Gasteiger partial charge is 0.326 e. The molecular weight excluding hydrogens is 222 g/mol. The van der Waals surface area contributed by atoms with E-state index in [0.717, 1.165) is 12.8 Å². The van der Waals surface area contributed by atoms with E-state index in [1.807, 2.05) is 11.7 Å². The van der Waals surface area contributed by atoms with Crippen LogP contribution >= 0.6 is 0 Å². The van der Waals surface area contributed by atoms with Gasteiger partial charge in [-0.3, -0.25) is 4.68 Å². The minimum Gasteiger partial charge on any atom is -0.326 e. The molecule has 0 saturated heterocycles. The lowest BCUT2D eigenvalue weighted by Crippen LogP contribution is -2.00. The van der Waals surface area contributed by atoms with E-state index in [2.05, 4.69) is 43.3 Å². The lowest BCUT2D eigenvalue weighted by Gasteiger charge is -2.09. The standard InChI is InChI=1S/C15H21N3/c1-4-5-15-14(10-18(3)17-15)13-8-11(2)6-7-12(13)9-16/h6-8,10H,4-5,9,16H2,1-3H3. The molecule has 0 aliphatic heterocycles. The molecule has 0 spiro atoms. The zero-order valence-corrected chi connectivity index (χ0v) is 11.4. The van der Waals surface area contributed by atoms with Crippen molar-refractivity contribution in [2.24, 2.45) is 12.8 Å². The van der Waals surface area contributed by atoms with Gasteiger partial charge in [-0.1, -0.05) is 37.1 Å². The highest BCUT2D eigenvalue weighted by Gasteiger charge is 2.12. The topological polar surface area (TPSA) is 43.8 Å². The van der Waals surface area contributed by atoms with Gasteiger partial charge in [0.1, 0.15) is 0 Å². The molecule has 18 heavy (non-hydrogen) atoms. The third-order valence-corrected chi connectivity index (χ3v) is 3.17. The summed E-state index contributed by atoms with van der Waals surface area (Å²) in [5.41, 5.74) is 11.9. The first kappa shape index (κ1) is 12.8. The normalized spacial score (nSPS) is 10.9. The molecule has 3 heteroatoms. The molecule has 0 unspecified atom stereocenters. The van der Waals surface area contributed by atoms with Crippen molar-refractivity contribution in [3.05, 3.63) is 41.2 Å². The Morgan fingerprint density at radius 1 is 1.28 bits per heavy atom. The fourth-order valence-electron chi connectivity index (χ4n) is 2.30. The van der Waals surface area contributed by atoms with Crippen molar-refractivity contribution in [3.63, 3.8) is 0 Å². The van der Waals surface area contributed by atoms with Gasteiger partial charge in [0.05, 0.1) is 5.69 Å². The molecule has 0 aliphatic rings. The molecule has 0 bridgehead atoms. The molecular formula is C15H21N3. The van der Waals surface area contributed by atoms with Crippen LogP contribution in [0.4, 0.5) is 0 Å². The van der Waals surface area contributed by atoms with Crippen molar-refractivity contribution in [1.29, 1.82) is 0 Å². The molecule has 0 saturated carbocycles. The summed E-state index contributed by atoms with van der Waals surface area (Å²) < 4.78 is 1.89. The van der Waals surface area contributed by atoms with Gasteiger partial charge in [-0.05, 0) is 24.5 Å². The van der Waals surface area contributed by atoms with Gasteiger partial charge in [0, 0.05) is 25.4 Å². The van der Waals surface area contributed by atoms with Gasteiger partial charge in [-0.2, -0.15) is 5.10 Å². The van der Waals surface area contributed by atoms with Crippen molar-refractivity contribution < 1.29 is 0 Å². The summed E-state index contributed by atoms with van der Waals surface area (Å²) in [6.07, 6.45) is 4.21. The number of rotatable bonds is 4. The zero-order valence-electron chi connectivity index (χ0n) is 11.4. The van der Waals surface area contributed by atoms with Crippen molar-refractivity contribution >= 4 is 0 Å².